The Morgan fingerprint density at radius 2 is 1.70 bits per heavy atom. The molecule has 1 heterocycles. The van der Waals surface area contributed by atoms with Gasteiger partial charge in [0.15, 0.2) is 0 Å². The van der Waals surface area contributed by atoms with Crippen LogP contribution in [0.15, 0.2) is 45.8 Å². The average molecular weight is 452 g/mol. The van der Waals surface area contributed by atoms with Crippen molar-refractivity contribution >= 4 is 54.8 Å². The molecule has 0 unspecified atom stereocenters. The minimum absolute atomic E-state index is 0.0559. The number of nitrogens with zero attached hydrogens (tertiary/aromatic N) is 1. The Morgan fingerprint density at radius 1 is 1.07 bits per heavy atom. The molecule has 0 atom stereocenters. The van der Waals surface area contributed by atoms with Crippen LogP contribution in [0.3, 0.4) is 0 Å². The van der Waals surface area contributed by atoms with Gasteiger partial charge in [-0.25, -0.2) is 8.42 Å². The highest BCUT2D eigenvalue weighted by Gasteiger charge is 2.27. The number of benzene rings is 2. The van der Waals surface area contributed by atoms with Crippen molar-refractivity contribution < 1.29 is 18.0 Å². The Bertz CT molecular complexity index is 1020. The maximum atomic E-state index is 12.8. The largest absolute Gasteiger partial charge is 0.326 e. The number of amides is 2. The second kappa shape index (κ2) is 7.32. The molecule has 7 nitrogen and oxygen atoms in total. The first kappa shape index (κ1) is 19.4. The molecule has 2 aromatic carbocycles. The van der Waals surface area contributed by atoms with Crippen LogP contribution in [0.5, 0.6) is 0 Å². The van der Waals surface area contributed by atoms with E-state index in [0.717, 1.165) is 5.56 Å². The Kier molecular flexibility index (Phi) is 5.25. The highest BCUT2D eigenvalue weighted by atomic mass is 79.9. The summed E-state index contributed by atoms with van der Waals surface area (Å²) < 4.78 is 28.7. The summed E-state index contributed by atoms with van der Waals surface area (Å²) in [4.78, 5) is 24.5. The normalized spacial score (nSPS) is 13.2. The fourth-order valence-electron chi connectivity index (χ4n) is 2.96. The lowest BCUT2D eigenvalue weighted by Crippen LogP contribution is -2.26. The first-order chi connectivity index (χ1) is 12.7. The zero-order valence-corrected chi connectivity index (χ0v) is 17.1. The van der Waals surface area contributed by atoms with Crippen LogP contribution >= 0.6 is 15.9 Å². The topological polar surface area (TPSA) is 95.6 Å². The van der Waals surface area contributed by atoms with E-state index in [1.165, 1.54) is 19.9 Å². The zero-order valence-electron chi connectivity index (χ0n) is 14.7. The molecule has 2 amide bonds. The molecule has 0 spiro atoms. The van der Waals surface area contributed by atoms with Crippen LogP contribution in [0.25, 0.3) is 0 Å². The van der Waals surface area contributed by atoms with Gasteiger partial charge in [-0.15, -0.1) is 0 Å². The zero-order chi connectivity index (χ0) is 19.8. The van der Waals surface area contributed by atoms with Crippen molar-refractivity contribution in [1.29, 1.82) is 0 Å². The molecule has 0 bridgehead atoms. The Hall–Kier alpha value is -2.39. The average Bonchev–Trinajstić information content (AvgIpc) is 2.98. The number of halogens is 1. The van der Waals surface area contributed by atoms with Crippen LogP contribution < -0.4 is 14.9 Å². The van der Waals surface area contributed by atoms with Crippen molar-refractivity contribution in [3.8, 4) is 0 Å². The van der Waals surface area contributed by atoms with E-state index < -0.39 is 10.0 Å². The number of rotatable bonds is 4. The summed E-state index contributed by atoms with van der Waals surface area (Å²) in [5, 5.41) is 2.62. The molecule has 142 valence electrons. The highest BCUT2D eigenvalue weighted by Crippen LogP contribution is 2.36. The standard InChI is InChI=1S/C18H18BrN3O4S/c1-11(23)20-14-3-5-15(6-4-14)21-27(25,26)18-10-17-13(9-16(18)19)7-8-22(17)12(2)24/h3-6,9-10,21H,7-8H2,1-2H3,(H,20,23). The van der Waals surface area contributed by atoms with Gasteiger partial charge in [0.2, 0.25) is 11.8 Å². The summed E-state index contributed by atoms with van der Waals surface area (Å²) in [7, 11) is -3.87. The predicted molar refractivity (Wildman–Crippen MR) is 107 cm³/mol. The molecule has 27 heavy (non-hydrogen) atoms. The fraction of sp³-hybridized carbons (Fsp3) is 0.222. The van der Waals surface area contributed by atoms with Gasteiger partial charge < -0.3 is 10.2 Å². The van der Waals surface area contributed by atoms with Crippen LogP contribution in [0.1, 0.15) is 19.4 Å². The van der Waals surface area contributed by atoms with E-state index in [1.807, 2.05) is 0 Å². The number of hydrogen-bond acceptors (Lipinski definition) is 4. The first-order valence-corrected chi connectivity index (χ1v) is 10.5. The summed E-state index contributed by atoms with van der Waals surface area (Å²) in [6.07, 6.45) is 0.686. The fourth-order valence-corrected chi connectivity index (χ4v) is 5.12. The second-order valence-corrected chi connectivity index (χ2v) is 8.70. The molecule has 0 saturated carbocycles. The van der Waals surface area contributed by atoms with Crippen LogP contribution in [-0.4, -0.2) is 26.8 Å². The lowest BCUT2D eigenvalue weighted by atomic mass is 10.2. The number of nitrogens with one attached hydrogen (secondary N) is 2. The number of carbonyl (C=O) groups is 2. The van der Waals surface area contributed by atoms with Gasteiger partial charge >= 0.3 is 0 Å². The van der Waals surface area contributed by atoms with E-state index in [4.69, 9.17) is 0 Å². The molecule has 0 fully saturated rings. The number of sulfonamides is 1. The third-order valence-electron chi connectivity index (χ3n) is 4.16. The predicted octanol–water partition coefficient (Wildman–Crippen LogP) is 3.12. The molecule has 0 saturated heterocycles. The number of anilines is 3. The van der Waals surface area contributed by atoms with Crippen molar-refractivity contribution in [2.24, 2.45) is 0 Å². The lowest BCUT2D eigenvalue weighted by Gasteiger charge is -2.17. The van der Waals surface area contributed by atoms with Gasteiger partial charge in [-0.2, -0.15) is 0 Å². The lowest BCUT2D eigenvalue weighted by molar-refractivity contribution is -0.116. The van der Waals surface area contributed by atoms with Crippen LogP contribution in [0, 0.1) is 0 Å². The van der Waals surface area contributed by atoms with Crippen molar-refractivity contribution in [2.75, 3.05) is 21.5 Å². The van der Waals surface area contributed by atoms with E-state index in [1.54, 1.807) is 35.2 Å². The van der Waals surface area contributed by atoms with E-state index in [-0.39, 0.29) is 16.7 Å². The number of carbonyl (C=O) groups excluding carboxylic acids is 2. The van der Waals surface area contributed by atoms with E-state index in [2.05, 4.69) is 26.0 Å². The molecule has 3 rings (SSSR count). The van der Waals surface area contributed by atoms with Gasteiger partial charge in [-0.05, 0) is 64.3 Å². The van der Waals surface area contributed by atoms with Gasteiger partial charge in [-0.3, -0.25) is 14.3 Å². The molecule has 0 aliphatic carbocycles. The van der Waals surface area contributed by atoms with Crippen LogP contribution in [0.2, 0.25) is 0 Å². The maximum absolute atomic E-state index is 12.8. The minimum atomic E-state index is -3.87. The van der Waals surface area contributed by atoms with E-state index in [0.29, 0.717) is 34.5 Å². The number of hydrogen-bond donors (Lipinski definition) is 2. The first-order valence-electron chi connectivity index (χ1n) is 8.18. The number of fused-ring (bicyclic) bond motifs is 1. The van der Waals surface area contributed by atoms with Crippen molar-refractivity contribution in [3.05, 3.63) is 46.4 Å². The van der Waals surface area contributed by atoms with Crippen LogP contribution in [0.4, 0.5) is 17.1 Å². The van der Waals surface area contributed by atoms with Crippen molar-refractivity contribution in [2.45, 2.75) is 25.2 Å². The quantitative estimate of drug-likeness (QED) is 0.745. The molecule has 1 aliphatic rings. The summed E-state index contributed by atoms with van der Waals surface area (Å²) in [5.41, 5.74) is 2.48. The molecule has 2 aromatic rings. The third kappa shape index (κ3) is 4.14. The van der Waals surface area contributed by atoms with Gasteiger partial charge in [-0.1, -0.05) is 0 Å². The summed E-state index contributed by atoms with van der Waals surface area (Å²) >= 11 is 3.32. The van der Waals surface area contributed by atoms with Gasteiger partial charge in [0.25, 0.3) is 10.0 Å². The van der Waals surface area contributed by atoms with E-state index >= 15 is 0 Å². The minimum Gasteiger partial charge on any atom is -0.326 e. The summed E-state index contributed by atoms with van der Waals surface area (Å²) in [6.45, 7) is 3.39. The van der Waals surface area contributed by atoms with Gasteiger partial charge in [0.05, 0.1) is 0 Å². The second-order valence-electron chi connectivity index (χ2n) is 6.20. The summed E-state index contributed by atoms with van der Waals surface area (Å²) in [5.74, 6) is -0.332. The summed E-state index contributed by atoms with van der Waals surface area (Å²) in [6, 6.07) is 9.59. The van der Waals surface area contributed by atoms with Crippen molar-refractivity contribution in [3.63, 3.8) is 0 Å². The maximum Gasteiger partial charge on any atom is 0.263 e. The molecular weight excluding hydrogens is 434 g/mol. The molecule has 2 N–H and O–H groups in total. The third-order valence-corrected chi connectivity index (χ3v) is 6.50. The molecular formula is C18H18BrN3O4S. The van der Waals surface area contributed by atoms with Crippen molar-refractivity contribution in [1.82, 2.24) is 0 Å². The molecule has 0 aromatic heterocycles. The Labute approximate surface area is 165 Å². The van der Waals surface area contributed by atoms with Gasteiger partial charge in [0, 0.05) is 41.9 Å². The van der Waals surface area contributed by atoms with Crippen LogP contribution in [-0.2, 0) is 26.0 Å². The smallest absolute Gasteiger partial charge is 0.263 e. The molecule has 9 heteroatoms. The SMILES string of the molecule is CC(=O)Nc1ccc(NS(=O)(=O)c2cc3c(cc2Br)CCN3C(C)=O)cc1. The monoisotopic (exact) mass is 451 g/mol. The molecule has 1 aliphatic heterocycles. The van der Waals surface area contributed by atoms with Gasteiger partial charge in [0.1, 0.15) is 4.90 Å². The Balaban J connectivity index is 1.90. The molecule has 0 radical (unpaired) electrons. The van der Waals surface area contributed by atoms with E-state index in [9.17, 15) is 18.0 Å². The highest BCUT2D eigenvalue weighted by molar-refractivity contribution is 9.10. The Morgan fingerprint density at radius 3 is 2.30 bits per heavy atom.